The van der Waals surface area contributed by atoms with E-state index in [1.54, 1.807) is 36.7 Å². The monoisotopic (exact) mass is 343 g/mol. The number of aromatic hydroxyl groups is 1. The fourth-order valence-corrected chi connectivity index (χ4v) is 2.26. The van der Waals surface area contributed by atoms with E-state index in [0.29, 0.717) is 11.4 Å². The zero-order chi connectivity index (χ0) is 14.8. The van der Waals surface area contributed by atoms with E-state index < -0.39 is 0 Å². The molecule has 0 bridgehead atoms. The molecule has 2 aromatic heterocycles. The molecule has 6 heteroatoms. The van der Waals surface area contributed by atoms with Gasteiger partial charge < -0.3 is 5.11 Å². The summed E-state index contributed by atoms with van der Waals surface area (Å²) >= 11 is 3.28. The summed E-state index contributed by atoms with van der Waals surface area (Å²) in [6.07, 6.45) is 4.70. The molecule has 0 aliphatic rings. The van der Waals surface area contributed by atoms with Crippen LogP contribution in [0.15, 0.2) is 59.5 Å². The van der Waals surface area contributed by atoms with Gasteiger partial charge in [0.2, 0.25) is 0 Å². The average Bonchev–Trinajstić information content (AvgIpc) is 3.00. The smallest absolute Gasteiger partial charge is 0.199 e. The lowest BCUT2D eigenvalue weighted by Crippen LogP contribution is -2.01. The highest BCUT2D eigenvalue weighted by atomic mass is 79.9. The summed E-state index contributed by atoms with van der Waals surface area (Å²) in [6, 6.07) is 10.2. The SMILES string of the molecule is O=C(c1cnn(-c2ccccn2)c1)c1cc(Br)ccc1O. The van der Waals surface area contributed by atoms with E-state index in [1.165, 1.54) is 16.9 Å². The highest BCUT2D eigenvalue weighted by Gasteiger charge is 2.16. The number of ketones is 1. The number of nitrogens with zero attached hydrogens (tertiary/aromatic N) is 3. The number of rotatable bonds is 3. The van der Waals surface area contributed by atoms with Crippen LogP contribution < -0.4 is 0 Å². The average molecular weight is 344 g/mol. The third-order valence-corrected chi connectivity index (χ3v) is 3.43. The van der Waals surface area contributed by atoms with E-state index >= 15 is 0 Å². The van der Waals surface area contributed by atoms with E-state index in [1.807, 2.05) is 6.07 Å². The number of phenolic OH excluding ortho intramolecular Hbond substituents is 1. The van der Waals surface area contributed by atoms with E-state index in [-0.39, 0.29) is 17.1 Å². The van der Waals surface area contributed by atoms with Crippen LogP contribution in [0.5, 0.6) is 5.75 Å². The first-order valence-electron chi connectivity index (χ1n) is 6.14. The molecule has 0 saturated heterocycles. The van der Waals surface area contributed by atoms with Gasteiger partial charge in [0, 0.05) is 16.9 Å². The van der Waals surface area contributed by atoms with Crippen LogP contribution in [-0.4, -0.2) is 25.7 Å². The minimum atomic E-state index is -0.295. The molecule has 0 radical (unpaired) electrons. The van der Waals surface area contributed by atoms with Crippen molar-refractivity contribution < 1.29 is 9.90 Å². The van der Waals surface area contributed by atoms with Crippen LogP contribution in [0.2, 0.25) is 0 Å². The molecule has 1 aromatic carbocycles. The van der Waals surface area contributed by atoms with Gasteiger partial charge in [-0.3, -0.25) is 4.79 Å². The van der Waals surface area contributed by atoms with Crippen molar-refractivity contribution in [2.24, 2.45) is 0 Å². The predicted octanol–water partition coefficient (Wildman–Crippen LogP) is 2.97. The highest BCUT2D eigenvalue weighted by molar-refractivity contribution is 9.10. The summed E-state index contributed by atoms with van der Waals surface area (Å²) in [6.45, 7) is 0. The van der Waals surface area contributed by atoms with Gasteiger partial charge in [0.25, 0.3) is 0 Å². The molecule has 1 N–H and O–H groups in total. The molecule has 2 heterocycles. The molecule has 21 heavy (non-hydrogen) atoms. The largest absolute Gasteiger partial charge is 0.507 e. The number of aromatic nitrogens is 3. The number of carbonyl (C=O) groups excluding carboxylic acids is 1. The Kier molecular flexibility index (Phi) is 3.53. The molecule has 0 saturated carbocycles. The first-order valence-corrected chi connectivity index (χ1v) is 6.94. The lowest BCUT2D eigenvalue weighted by atomic mass is 10.1. The van der Waals surface area contributed by atoms with Crippen molar-refractivity contribution in [2.45, 2.75) is 0 Å². The molecule has 0 atom stereocenters. The van der Waals surface area contributed by atoms with Crippen molar-refractivity contribution in [1.29, 1.82) is 0 Å². The fourth-order valence-electron chi connectivity index (χ4n) is 1.90. The first kappa shape index (κ1) is 13.5. The van der Waals surface area contributed by atoms with Gasteiger partial charge in [-0.1, -0.05) is 22.0 Å². The second-order valence-corrected chi connectivity index (χ2v) is 5.27. The Hall–Kier alpha value is -2.47. The molecule has 0 unspecified atom stereocenters. The fraction of sp³-hybridized carbons (Fsp3) is 0. The molecule has 3 aromatic rings. The number of benzene rings is 1. The maximum Gasteiger partial charge on any atom is 0.199 e. The van der Waals surface area contributed by atoms with E-state index in [2.05, 4.69) is 26.0 Å². The second-order valence-electron chi connectivity index (χ2n) is 4.35. The Morgan fingerprint density at radius 1 is 1.24 bits per heavy atom. The zero-order valence-electron chi connectivity index (χ0n) is 10.8. The van der Waals surface area contributed by atoms with Crippen molar-refractivity contribution in [1.82, 2.24) is 14.8 Å². The minimum Gasteiger partial charge on any atom is -0.507 e. The molecular formula is C15H10BrN3O2. The van der Waals surface area contributed by atoms with Crippen LogP contribution in [-0.2, 0) is 0 Å². The maximum atomic E-state index is 12.4. The van der Waals surface area contributed by atoms with Crippen molar-refractivity contribution in [3.8, 4) is 11.6 Å². The van der Waals surface area contributed by atoms with E-state index in [9.17, 15) is 9.90 Å². The molecule has 0 spiro atoms. The van der Waals surface area contributed by atoms with Gasteiger partial charge in [-0.05, 0) is 30.3 Å². The zero-order valence-corrected chi connectivity index (χ0v) is 12.4. The van der Waals surface area contributed by atoms with Crippen LogP contribution >= 0.6 is 15.9 Å². The summed E-state index contributed by atoms with van der Waals surface area (Å²) in [5, 5.41) is 13.9. The third-order valence-electron chi connectivity index (χ3n) is 2.93. The number of phenols is 1. The van der Waals surface area contributed by atoms with Gasteiger partial charge in [0.05, 0.1) is 17.3 Å². The molecule has 0 aliphatic carbocycles. The number of hydrogen-bond acceptors (Lipinski definition) is 4. The number of hydrogen-bond donors (Lipinski definition) is 1. The quantitative estimate of drug-likeness (QED) is 0.742. The Labute approximate surface area is 129 Å². The Morgan fingerprint density at radius 3 is 2.86 bits per heavy atom. The molecule has 0 fully saturated rings. The standard InChI is InChI=1S/C15H10BrN3O2/c16-11-4-5-13(20)12(7-11)15(21)10-8-18-19(9-10)14-3-1-2-6-17-14/h1-9,20H. The summed E-state index contributed by atoms with van der Waals surface area (Å²) in [5.41, 5.74) is 0.610. The van der Waals surface area contributed by atoms with Gasteiger partial charge in [-0.25, -0.2) is 9.67 Å². The topological polar surface area (TPSA) is 68.0 Å². The van der Waals surface area contributed by atoms with Crippen LogP contribution in [0.1, 0.15) is 15.9 Å². The molecule has 0 aliphatic heterocycles. The van der Waals surface area contributed by atoms with Crippen molar-refractivity contribution in [3.63, 3.8) is 0 Å². The van der Waals surface area contributed by atoms with Crippen molar-refractivity contribution in [3.05, 3.63) is 70.6 Å². The van der Waals surface area contributed by atoms with Gasteiger partial charge in [0.15, 0.2) is 11.6 Å². The van der Waals surface area contributed by atoms with Crippen LogP contribution in [0.25, 0.3) is 5.82 Å². The maximum absolute atomic E-state index is 12.4. The summed E-state index contributed by atoms with van der Waals surface area (Å²) in [7, 11) is 0. The van der Waals surface area contributed by atoms with E-state index in [0.717, 1.165) is 4.47 Å². The van der Waals surface area contributed by atoms with Crippen LogP contribution in [0, 0.1) is 0 Å². The molecule has 3 rings (SSSR count). The summed E-state index contributed by atoms with van der Waals surface area (Å²) in [5.74, 6) is 0.264. The van der Waals surface area contributed by atoms with Crippen LogP contribution in [0.4, 0.5) is 0 Å². The van der Waals surface area contributed by atoms with Gasteiger partial charge >= 0.3 is 0 Å². The summed E-state index contributed by atoms with van der Waals surface area (Å²) in [4.78, 5) is 16.6. The predicted molar refractivity (Wildman–Crippen MR) is 80.6 cm³/mol. The first-order chi connectivity index (χ1) is 10.1. The number of pyridine rings is 1. The van der Waals surface area contributed by atoms with Gasteiger partial charge in [-0.2, -0.15) is 5.10 Å². The van der Waals surface area contributed by atoms with E-state index in [4.69, 9.17) is 0 Å². The summed E-state index contributed by atoms with van der Waals surface area (Å²) < 4.78 is 2.24. The second kappa shape index (κ2) is 5.49. The Morgan fingerprint density at radius 2 is 2.10 bits per heavy atom. The molecule has 104 valence electrons. The Bertz CT molecular complexity index is 800. The molecular weight excluding hydrogens is 334 g/mol. The highest BCUT2D eigenvalue weighted by Crippen LogP contribution is 2.24. The van der Waals surface area contributed by atoms with Gasteiger partial charge in [-0.15, -0.1) is 0 Å². The molecule has 5 nitrogen and oxygen atoms in total. The van der Waals surface area contributed by atoms with Gasteiger partial charge in [0.1, 0.15) is 5.75 Å². The van der Waals surface area contributed by atoms with Crippen LogP contribution in [0.3, 0.4) is 0 Å². The third kappa shape index (κ3) is 2.71. The Balaban J connectivity index is 1.96. The number of halogens is 1. The number of carbonyl (C=O) groups is 1. The lowest BCUT2D eigenvalue weighted by molar-refractivity contribution is 0.103. The van der Waals surface area contributed by atoms with Crippen molar-refractivity contribution >= 4 is 21.7 Å². The van der Waals surface area contributed by atoms with Crippen molar-refractivity contribution in [2.75, 3.05) is 0 Å². The minimum absolute atomic E-state index is 0.0613. The molecule has 0 amide bonds. The lowest BCUT2D eigenvalue weighted by Gasteiger charge is -2.02. The normalized spacial score (nSPS) is 10.5.